The minimum absolute atomic E-state index is 0.000579. The van der Waals surface area contributed by atoms with Gasteiger partial charge in [0, 0.05) is 38.3 Å². The fourth-order valence-corrected chi connectivity index (χ4v) is 1.18. The van der Waals surface area contributed by atoms with Crippen LogP contribution in [0, 0.1) is 11.8 Å². The Morgan fingerprint density at radius 2 is 0.923 bits per heavy atom. The van der Waals surface area contributed by atoms with Crippen molar-refractivity contribution < 1.29 is 20.4 Å². The molecular weight excluding hydrogens is 172 g/mol. The number of aliphatic hydroxyl groups excluding tert-OH is 4. The SMILES string of the molecule is OCC(CO)CCCC(CO)CO. The first-order chi connectivity index (χ1) is 6.28. The third kappa shape index (κ3) is 5.99. The van der Waals surface area contributed by atoms with Crippen molar-refractivity contribution in [1.29, 1.82) is 0 Å². The summed E-state index contributed by atoms with van der Waals surface area (Å²) >= 11 is 0. The Hall–Kier alpha value is -0.160. The highest BCUT2D eigenvalue weighted by Crippen LogP contribution is 2.12. The van der Waals surface area contributed by atoms with Crippen LogP contribution in [0.2, 0.25) is 0 Å². The van der Waals surface area contributed by atoms with Crippen molar-refractivity contribution in [3.63, 3.8) is 0 Å². The lowest BCUT2D eigenvalue weighted by molar-refractivity contribution is 0.124. The quantitative estimate of drug-likeness (QED) is 0.412. The third-order valence-corrected chi connectivity index (χ3v) is 2.26. The van der Waals surface area contributed by atoms with E-state index in [1.165, 1.54) is 0 Å². The summed E-state index contributed by atoms with van der Waals surface area (Å²) < 4.78 is 0. The van der Waals surface area contributed by atoms with Crippen LogP contribution in [-0.2, 0) is 0 Å². The van der Waals surface area contributed by atoms with E-state index >= 15 is 0 Å². The standard InChI is InChI=1S/C9H20O4/c10-4-8(5-11)2-1-3-9(6-12)7-13/h8-13H,1-7H2. The van der Waals surface area contributed by atoms with Gasteiger partial charge in [0.25, 0.3) is 0 Å². The summed E-state index contributed by atoms with van der Waals surface area (Å²) in [4.78, 5) is 0. The van der Waals surface area contributed by atoms with Crippen molar-refractivity contribution >= 4 is 0 Å². The van der Waals surface area contributed by atoms with Crippen molar-refractivity contribution in [3.8, 4) is 0 Å². The molecule has 80 valence electrons. The monoisotopic (exact) mass is 192 g/mol. The molecule has 0 bridgehead atoms. The van der Waals surface area contributed by atoms with Gasteiger partial charge in [-0.05, 0) is 12.8 Å². The molecule has 0 aromatic rings. The molecule has 13 heavy (non-hydrogen) atoms. The molecule has 4 N–H and O–H groups in total. The first-order valence-corrected chi connectivity index (χ1v) is 4.71. The second kappa shape index (κ2) is 8.44. The maximum atomic E-state index is 8.75. The first-order valence-electron chi connectivity index (χ1n) is 4.71. The maximum Gasteiger partial charge on any atom is 0.0481 e. The summed E-state index contributed by atoms with van der Waals surface area (Å²) in [5, 5.41) is 35.0. The molecule has 0 amide bonds. The predicted molar refractivity (Wildman–Crippen MR) is 49.2 cm³/mol. The van der Waals surface area contributed by atoms with Crippen LogP contribution in [0.5, 0.6) is 0 Å². The van der Waals surface area contributed by atoms with Crippen LogP contribution < -0.4 is 0 Å². The molecule has 0 rings (SSSR count). The average molecular weight is 192 g/mol. The lowest BCUT2D eigenvalue weighted by atomic mass is 9.98. The smallest absolute Gasteiger partial charge is 0.0481 e. The summed E-state index contributed by atoms with van der Waals surface area (Å²) in [5.74, 6) is -0.115. The summed E-state index contributed by atoms with van der Waals surface area (Å²) in [5.41, 5.74) is 0. The fourth-order valence-electron chi connectivity index (χ4n) is 1.18. The van der Waals surface area contributed by atoms with Gasteiger partial charge in [-0.25, -0.2) is 0 Å². The zero-order valence-electron chi connectivity index (χ0n) is 7.89. The summed E-state index contributed by atoms with van der Waals surface area (Å²) in [7, 11) is 0. The van der Waals surface area contributed by atoms with Gasteiger partial charge >= 0.3 is 0 Å². The fraction of sp³-hybridized carbons (Fsp3) is 1.00. The normalized spacial score (nSPS) is 11.5. The van der Waals surface area contributed by atoms with Gasteiger partial charge in [-0.3, -0.25) is 0 Å². The van der Waals surface area contributed by atoms with Gasteiger partial charge in [0.05, 0.1) is 0 Å². The summed E-state index contributed by atoms with van der Waals surface area (Å²) in [6.07, 6.45) is 2.30. The lowest BCUT2D eigenvalue weighted by Gasteiger charge is -2.13. The molecular formula is C9H20O4. The number of rotatable bonds is 8. The Bertz CT molecular complexity index is 87.8. The molecule has 0 aliphatic rings. The molecule has 0 aromatic carbocycles. The number of aliphatic hydroxyl groups is 4. The van der Waals surface area contributed by atoms with E-state index in [4.69, 9.17) is 20.4 Å². The molecule has 0 saturated carbocycles. The molecule has 0 fully saturated rings. The molecule has 0 radical (unpaired) electrons. The van der Waals surface area contributed by atoms with Crippen molar-refractivity contribution in [3.05, 3.63) is 0 Å². The van der Waals surface area contributed by atoms with Crippen LogP contribution in [0.4, 0.5) is 0 Å². The lowest BCUT2D eigenvalue weighted by Crippen LogP contribution is -2.14. The zero-order chi connectivity index (χ0) is 10.1. The van der Waals surface area contributed by atoms with Crippen molar-refractivity contribution in [2.24, 2.45) is 11.8 Å². The zero-order valence-corrected chi connectivity index (χ0v) is 7.89. The van der Waals surface area contributed by atoms with Gasteiger partial charge in [-0.2, -0.15) is 0 Å². The Morgan fingerprint density at radius 3 is 1.15 bits per heavy atom. The highest BCUT2D eigenvalue weighted by atomic mass is 16.3. The van der Waals surface area contributed by atoms with Crippen LogP contribution in [-0.4, -0.2) is 46.9 Å². The van der Waals surface area contributed by atoms with E-state index in [1.54, 1.807) is 0 Å². The van der Waals surface area contributed by atoms with E-state index < -0.39 is 0 Å². The second-order valence-corrected chi connectivity index (χ2v) is 3.39. The number of hydrogen-bond donors (Lipinski definition) is 4. The Morgan fingerprint density at radius 1 is 0.615 bits per heavy atom. The highest BCUT2D eigenvalue weighted by Gasteiger charge is 2.09. The Kier molecular flexibility index (Phi) is 8.33. The topological polar surface area (TPSA) is 80.9 Å². The Balaban J connectivity index is 3.41. The van der Waals surface area contributed by atoms with Crippen LogP contribution >= 0.6 is 0 Å². The minimum atomic E-state index is -0.0574. The van der Waals surface area contributed by atoms with E-state index in [0.717, 1.165) is 19.3 Å². The highest BCUT2D eigenvalue weighted by molar-refractivity contribution is 4.60. The molecule has 0 aliphatic heterocycles. The van der Waals surface area contributed by atoms with Gasteiger partial charge in [0.2, 0.25) is 0 Å². The molecule has 4 nitrogen and oxygen atoms in total. The predicted octanol–water partition coefficient (Wildman–Crippen LogP) is -0.642. The maximum absolute atomic E-state index is 8.75. The van der Waals surface area contributed by atoms with Crippen LogP contribution in [0.15, 0.2) is 0 Å². The third-order valence-electron chi connectivity index (χ3n) is 2.26. The van der Waals surface area contributed by atoms with Gasteiger partial charge in [-0.1, -0.05) is 6.42 Å². The van der Waals surface area contributed by atoms with Gasteiger partial charge in [0.1, 0.15) is 0 Å². The van der Waals surface area contributed by atoms with E-state index in [9.17, 15) is 0 Å². The molecule has 0 unspecified atom stereocenters. The molecule has 0 aromatic heterocycles. The van der Waals surface area contributed by atoms with Crippen molar-refractivity contribution in [1.82, 2.24) is 0 Å². The second-order valence-electron chi connectivity index (χ2n) is 3.39. The molecule has 0 heterocycles. The molecule has 0 aliphatic carbocycles. The summed E-state index contributed by atoms with van der Waals surface area (Å²) in [6.45, 7) is -0.00231. The largest absolute Gasteiger partial charge is 0.396 e. The van der Waals surface area contributed by atoms with Crippen LogP contribution in [0.3, 0.4) is 0 Å². The minimum Gasteiger partial charge on any atom is -0.396 e. The van der Waals surface area contributed by atoms with Gasteiger partial charge in [0.15, 0.2) is 0 Å². The van der Waals surface area contributed by atoms with E-state index in [-0.39, 0.29) is 38.3 Å². The average Bonchev–Trinajstić information content (AvgIpc) is 2.19. The van der Waals surface area contributed by atoms with E-state index in [1.807, 2.05) is 0 Å². The summed E-state index contributed by atoms with van der Waals surface area (Å²) in [6, 6.07) is 0. The van der Waals surface area contributed by atoms with E-state index in [2.05, 4.69) is 0 Å². The van der Waals surface area contributed by atoms with Crippen LogP contribution in [0.25, 0.3) is 0 Å². The van der Waals surface area contributed by atoms with Gasteiger partial charge < -0.3 is 20.4 Å². The first kappa shape index (κ1) is 12.8. The molecule has 4 heteroatoms. The van der Waals surface area contributed by atoms with Crippen LogP contribution in [0.1, 0.15) is 19.3 Å². The van der Waals surface area contributed by atoms with Crippen molar-refractivity contribution in [2.45, 2.75) is 19.3 Å². The molecule has 0 spiro atoms. The van der Waals surface area contributed by atoms with Crippen molar-refractivity contribution in [2.75, 3.05) is 26.4 Å². The molecule has 0 atom stereocenters. The molecule has 0 saturated heterocycles. The number of hydrogen-bond acceptors (Lipinski definition) is 4. The van der Waals surface area contributed by atoms with Gasteiger partial charge in [-0.15, -0.1) is 0 Å². The Labute approximate surface area is 78.8 Å². The van der Waals surface area contributed by atoms with E-state index in [0.29, 0.717) is 0 Å².